The second kappa shape index (κ2) is 6.05. The Morgan fingerprint density at radius 2 is 2.10 bits per heavy atom. The molecule has 0 aromatic carbocycles. The van der Waals surface area contributed by atoms with Crippen LogP contribution in [0.4, 0.5) is 4.39 Å². The average molecular weight is 294 g/mol. The summed E-state index contributed by atoms with van der Waals surface area (Å²) in [5.41, 5.74) is 2.15. The van der Waals surface area contributed by atoms with Crippen molar-refractivity contribution in [2.45, 2.75) is 45.8 Å². The third-order valence-electron chi connectivity index (χ3n) is 3.34. The van der Waals surface area contributed by atoms with Gasteiger partial charge in [-0.05, 0) is 18.5 Å². The van der Waals surface area contributed by atoms with Crippen molar-refractivity contribution in [2.24, 2.45) is 0 Å². The molecular weight excluding hydrogens is 271 g/mol. The molecule has 20 heavy (non-hydrogen) atoms. The molecule has 0 saturated carbocycles. The number of nitrogens with zero attached hydrogens (tertiary/aromatic N) is 2. The van der Waals surface area contributed by atoms with E-state index in [0.29, 0.717) is 18.8 Å². The first-order chi connectivity index (χ1) is 9.40. The molecule has 3 nitrogen and oxygen atoms in total. The Balaban J connectivity index is 2.06. The van der Waals surface area contributed by atoms with E-state index in [2.05, 4.69) is 24.6 Å². The summed E-state index contributed by atoms with van der Waals surface area (Å²) in [6.45, 7) is 10.1. The molecular formula is C15H23FN2OSi. The van der Waals surface area contributed by atoms with Crippen LogP contribution in [0.3, 0.4) is 0 Å². The summed E-state index contributed by atoms with van der Waals surface area (Å²) in [5, 5.41) is 0. The van der Waals surface area contributed by atoms with Crippen LogP contribution < -0.4 is 0 Å². The SMILES string of the molecule is CCc1nc2ccn(COCC[Si](C)(C)C)c2cc1F. The monoisotopic (exact) mass is 294 g/mol. The van der Waals surface area contributed by atoms with Gasteiger partial charge in [0.1, 0.15) is 12.5 Å². The molecule has 2 rings (SSSR count). The van der Waals surface area contributed by atoms with E-state index in [1.165, 1.54) is 0 Å². The van der Waals surface area contributed by atoms with E-state index in [4.69, 9.17) is 4.74 Å². The molecule has 0 radical (unpaired) electrons. The first-order valence-electron chi connectivity index (χ1n) is 7.13. The van der Waals surface area contributed by atoms with Crippen LogP contribution in [0.2, 0.25) is 25.7 Å². The molecule has 0 N–H and O–H groups in total. The zero-order valence-corrected chi connectivity index (χ0v) is 13.7. The molecule has 2 aromatic heterocycles. The number of hydrogen-bond donors (Lipinski definition) is 0. The maximum atomic E-state index is 13.8. The molecule has 2 aromatic rings. The highest BCUT2D eigenvalue weighted by atomic mass is 28.3. The summed E-state index contributed by atoms with van der Waals surface area (Å²) >= 11 is 0. The minimum absolute atomic E-state index is 0.234. The van der Waals surface area contributed by atoms with E-state index in [9.17, 15) is 4.39 Å². The predicted octanol–water partition coefficient (Wildman–Crippen LogP) is 4.05. The van der Waals surface area contributed by atoms with Gasteiger partial charge in [-0.3, -0.25) is 0 Å². The Kier molecular flexibility index (Phi) is 4.60. The van der Waals surface area contributed by atoms with E-state index in [1.807, 2.05) is 23.8 Å². The standard InChI is InChI=1S/C15H23FN2OSi/c1-5-13-12(16)10-15-14(17-13)6-7-18(15)11-19-8-9-20(2,3)4/h6-7,10H,5,8-9,11H2,1-4H3. The fraction of sp³-hybridized carbons (Fsp3) is 0.533. The molecule has 0 saturated heterocycles. The summed E-state index contributed by atoms with van der Waals surface area (Å²) in [5.74, 6) is -0.234. The number of pyridine rings is 1. The molecule has 0 unspecified atom stereocenters. The number of aryl methyl sites for hydroxylation is 1. The lowest BCUT2D eigenvalue weighted by molar-refractivity contribution is 0.0902. The number of ether oxygens (including phenoxy) is 1. The molecule has 0 bridgehead atoms. The van der Waals surface area contributed by atoms with Gasteiger partial charge in [-0.1, -0.05) is 26.6 Å². The van der Waals surface area contributed by atoms with Crippen LogP contribution in [0.5, 0.6) is 0 Å². The average Bonchev–Trinajstić information content (AvgIpc) is 2.75. The van der Waals surface area contributed by atoms with E-state index in [1.54, 1.807) is 6.07 Å². The third-order valence-corrected chi connectivity index (χ3v) is 5.04. The minimum atomic E-state index is -1.06. The van der Waals surface area contributed by atoms with Gasteiger partial charge in [-0.15, -0.1) is 0 Å². The Hall–Kier alpha value is -1.20. The van der Waals surface area contributed by atoms with E-state index >= 15 is 0 Å². The second-order valence-electron chi connectivity index (χ2n) is 6.31. The number of fused-ring (bicyclic) bond motifs is 1. The van der Waals surface area contributed by atoms with Crippen molar-refractivity contribution in [2.75, 3.05) is 6.61 Å². The molecule has 5 heteroatoms. The summed E-state index contributed by atoms with van der Waals surface area (Å²) in [7, 11) is -1.06. The van der Waals surface area contributed by atoms with Crippen LogP contribution >= 0.6 is 0 Å². The fourth-order valence-electron chi connectivity index (χ4n) is 2.03. The molecule has 0 atom stereocenters. The minimum Gasteiger partial charge on any atom is -0.361 e. The van der Waals surface area contributed by atoms with Crippen LogP contribution in [0.1, 0.15) is 12.6 Å². The predicted molar refractivity (Wildman–Crippen MR) is 83.2 cm³/mol. The highest BCUT2D eigenvalue weighted by molar-refractivity contribution is 6.76. The first-order valence-corrected chi connectivity index (χ1v) is 10.8. The summed E-state index contributed by atoms with van der Waals surface area (Å²) < 4.78 is 21.4. The Bertz CT molecular complexity index is 589. The molecule has 0 aliphatic rings. The van der Waals surface area contributed by atoms with Gasteiger partial charge in [0.2, 0.25) is 0 Å². The van der Waals surface area contributed by atoms with Gasteiger partial charge in [0.05, 0.1) is 16.7 Å². The van der Waals surface area contributed by atoms with Crippen LogP contribution in [-0.2, 0) is 17.9 Å². The van der Waals surface area contributed by atoms with Gasteiger partial charge in [0, 0.05) is 26.9 Å². The Morgan fingerprint density at radius 1 is 1.35 bits per heavy atom. The topological polar surface area (TPSA) is 27.1 Å². The van der Waals surface area contributed by atoms with E-state index < -0.39 is 8.07 Å². The van der Waals surface area contributed by atoms with Crippen molar-refractivity contribution >= 4 is 19.1 Å². The number of rotatable bonds is 6. The van der Waals surface area contributed by atoms with E-state index in [-0.39, 0.29) is 5.82 Å². The van der Waals surface area contributed by atoms with Gasteiger partial charge >= 0.3 is 0 Å². The van der Waals surface area contributed by atoms with Crippen molar-refractivity contribution in [3.8, 4) is 0 Å². The van der Waals surface area contributed by atoms with Crippen LogP contribution in [0.25, 0.3) is 11.0 Å². The fourth-order valence-corrected chi connectivity index (χ4v) is 2.79. The molecule has 0 fully saturated rings. The lowest BCUT2D eigenvalue weighted by atomic mass is 10.2. The smallest absolute Gasteiger partial charge is 0.146 e. The maximum Gasteiger partial charge on any atom is 0.146 e. The number of halogens is 1. The Morgan fingerprint density at radius 3 is 2.75 bits per heavy atom. The molecule has 0 spiro atoms. The summed E-state index contributed by atoms with van der Waals surface area (Å²) in [6.07, 6.45) is 2.52. The largest absolute Gasteiger partial charge is 0.361 e. The lowest BCUT2D eigenvalue weighted by Gasteiger charge is -2.15. The quantitative estimate of drug-likeness (QED) is 0.593. The van der Waals surface area contributed by atoms with Gasteiger partial charge in [0.25, 0.3) is 0 Å². The number of aromatic nitrogens is 2. The zero-order chi connectivity index (χ0) is 14.8. The number of hydrogen-bond acceptors (Lipinski definition) is 2. The molecule has 2 heterocycles. The van der Waals surface area contributed by atoms with Crippen molar-refractivity contribution in [1.29, 1.82) is 0 Å². The molecule has 0 aliphatic carbocycles. The van der Waals surface area contributed by atoms with Crippen LogP contribution in [-0.4, -0.2) is 24.2 Å². The van der Waals surface area contributed by atoms with Gasteiger partial charge < -0.3 is 9.30 Å². The van der Waals surface area contributed by atoms with Crippen molar-refractivity contribution in [1.82, 2.24) is 9.55 Å². The van der Waals surface area contributed by atoms with Gasteiger partial charge in [0.15, 0.2) is 0 Å². The molecule has 0 amide bonds. The van der Waals surface area contributed by atoms with E-state index in [0.717, 1.165) is 23.7 Å². The van der Waals surface area contributed by atoms with Crippen molar-refractivity contribution < 1.29 is 9.13 Å². The highest BCUT2D eigenvalue weighted by Crippen LogP contribution is 2.18. The summed E-state index contributed by atoms with van der Waals surface area (Å²) in [4.78, 5) is 4.34. The van der Waals surface area contributed by atoms with Crippen LogP contribution in [0.15, 0.2) is 18.3 Å². The molecule has 0 aliphatic heterocycles. The van der Waals surface area contributed by atoms with Crippen molar-refractivity contribution in [3.05, 3.63) is 29.8 Å². The zero-order valence-electron chi connectivity index (χ0n) is 12.7. The normalized spacial score (nSPS) is 12.2. The van der Waals surface area contributed by atoms with Crippen LogP contribution in [0, 0.1) is 5.82 Å². The maximum absolute atomic E-state index is 13.8. The Labute approximate surface area is 120 Å². The summed E-state index contributed by atoms with van der Waals surface area (Å²) in [6, 6.07) is 4.61. The first kappa shape index (κ1) is 15.2. The highest BCUT2D eigenvalue weighted by Gasteiger charge is 2.12. The molecule has 110 valence electrons. The lowest BCUT2D eigenvalue weighted by Crippen LogP contribution is -2.21. The third kappa shape index (κ3) is 3.67. The van der Waals surface area contributed by atoms with Gasteiger partial charge in [-0.2, -0.15) is 0 Å². The second-order valence-corrected chi connectivity index (χ2v) is 11.9. The van der Waals surface area contributed by atoms with Crippen molar-refractivity contribution in [3.63, 3.8) is 0 Å². The van der Waals surface area contributed by atoms with Gasteiger partial charge in [-0.25, -0.2) is 9.37 Å².